The molecule has 0 saturated heterocycles. The Bertz CT molecular complexity index is 234. The van der Waals surface area contributed by atoms with E-state index in [4.69, 9.17) is 0 Å². The van der Waals surface area contributed by atoms with E-state index in [2.05, 4.69) is 11.9 Å². The molecule has 0 aromatic carbocycles. The number of rotatable bonds is 0. The highest BCUT2D eigenvalue weighted by Gasteiger charge is 2.24. The van der Waals surface area contributed by atoms with Crippen LogP contribution in [0.1, 0.15) is 38.5 Å². The molecule has 0 amide bonds. The number of aliphatic hydroxyl groups excluding tert-OH is 1. The van der Waals surface area contributed by atoms with E-state index in [1.807, 2.05) is 0 Å². The van der Waals surface area contributed by atoms with Crippen molar-refractivity contribution in [1.29, 1.82) is 0 Å². The molecule has 1 unspecified atom stereocenters. The van der Waals surface area contributed by atoms with Crippen molar-refractivity contribution in [2.45, 2.75) is 44.6 Å². The van der Waals surface area contributed by atoms with E-state index in [-0.39, 0.29) is 6.10 Å². The van der Waals surface area contributed by atoms with Gasteiger partial charge in [0.25, 0.3) is 0 Å². The Morgan fingerprint density at radius 2 is 1.86 bits per heavy atom. The van der Waals surface area contributed by atoms with Gasteiger partial charge < -0.3 is 5.11 Å². The Morgan fingerprint density at radius 1 is 1.14 bits per heavy atom. The molecular formula is C12H21NO. The van der Waals surface area contributed by atoms with E-state index in [0.29, 0.717) is 0 Å². The van der Waals surface area contributed by atoms with Gasteiger partial charge in [0.15, 0.2) is 0 Å². The largest absolute Gasteiger partial charge is 0.387 e. The minimum Gasteiger partial charge on any atom is -0.387 e. The lowest BCUT2D eigenvalue weighted by Gasteiger charge is -2.33. The number of β-amino-alcohol motifs (C(OH)–C–C–N with tert-alkyl or cyclic N) is 1. The molecule has 0 aromatic rings. The van der Waals surface area contributed by atoms with E-state index in [9.17, 15) is 5.11 Å². The smallest absolute Gasteiger partial charge is 0.0880 e. The van der Waals surface area contributed by atoms with Crippen molar-refractivity contribution in [1.82, 2.24) is 4.90 Å². The summed E-state index contributed by atoms with van der Waals surface area (Å²) in [5.74, 6) is 0. The highest BCUT2D eigenvalue weighted by Crippen LogP contribution is 2.28. The SMILES string of the molecule is CN1CC2=C(CCCCCC2)C(O)C1. The third kappa shape index (κ3) is 2.18. The van der Waals surface area contributed by atoms with Gasteiger partial charge in [0.2, 0.25) is 0 Å². The van der Waals surface area contributed by atoms with Gasteiger partial charge in [-0.3, -0.25) is 4.90 Å². The lowest BCUT2D eigenvalue weighted by atomic mass is 9.87. The van der Waals surface area contributed by atoms with E-state index < -0.39 is 0 Å². The molecule has 0 radical (unpaired) electrons. The van der Waals surface area contributed by atoms with Gasteiger partial charge in [-0.1, -0.05) is 18.4 Å². The molecule has 0 bridgehead atoms. The van der Waals surface area contributed by atoms with E-state index in [1.54, 1.807) is 0 Å². The first kappa shape index (κ1) is 10.2. The lowest BCUT2D eigenvalue weighted by Crippen LogP contribution is -2.38. The van der Waals surface area contributed by atoms with Crippen molar-refractivity contribution in [3.63, 3.8) is 0 Å². The fourth-order valence-electron chi connectivity index (χ4n) is 2.72. The number of aliphatic hydroxyl groups is 1. The molecule has 14 heavy (non-hydrogen) atoms. The average Bonchev–Trinajstić information content (AvgIpc) is 2.07. The van der Waals surface area contributed by atoms with Crippen molar-refractivity contribution >= 4 is 0 Å². The number of hydrogen-bond acceptors (Lipinski definition) is 2. The van der Waals surface area contributed by atoms with Crippen LogP contribution in [0.4, 0.5) is 0 Å². The molecule has 80 valence electrons. The zero-order valence-corrected chi connectivity index (χ0v) is 9.13. The minimum atomic E-state index is -0.179. The predicted octanol–water partition coefficient (Wildman–Crippen LogP) is 1.94. The Labute approximate surface area is 86.6 Å². The topological polar surface area (TPSA) is 23.5 Å². The lowest BCUT2D eigenvalue weighted by molar-refractivity contribution is 0.139. The second kappa shape index (κ2) is 4.45. The molecule has 0 saturated carbocycles. The molecule has 2 aliphatic rings. The normalized spacial score (nSPS) is 30.9. The monoisotopic (exact) mass is 195 g/mol. The summed E-state index contributed by atoms with van der Waals surface area (Å²) in [5.41, 5.74) is 2.91. The molecular weight excluding hydrogens is 174 g/mol. The molecule has 1 aliphatic carbocycles. The number of likely N-dealkylation sites (N-methyl/N-ethyl adjacent to an activating group) is 1. The van der Waals surface area contributed by atoms with Crippen molar-refractivity contribution in [3.8, 4) is 0 Å². The fraction of sp³-hybridized carbons (Fsp3) is 0.833. The summed E-state index contributed by atoms with van der Waals surface area (Å²) in [6, 6.07) is 0. The summed E-state index contributed by atoms with van der Waals surface area (Å²) in [5, 5.41) is 9.99. The van der Waals surface area contributed by atoms with Gasteiger partial charge in [0.05, 0.1) is 6.10 Å². The molecule has 1 heterocycles. The zero-order chi connectivity index (χ0) is 9.97. The predicted molar refractivity (Wildman–Crippen MR) is 58.2 cm³/mol. The standard InChI is InChI=1S/C12H21NO/c1-13-8-10-6-4-2-3-5-7-11(10)12(14)9-13/h12,14H,2-9H2,1H3. The molecule has 1 N–H and O–H groups in total. The van der Waals surface area contributed by atoms with Crippen molar-refractivity contribution < 1.29 is 5.11 Å². The van der Waals surface area contributed by atoms with Crippen LogP contribution in [0.2, 0.25) is 0 Å². The fourth-order valence-corrected chi connectivity index (χ4v) is 2.72. The summed E-state index contributed by atoms with van der Waals surface area (Å²) in [7, 11) is 2.10. The van der Waals surface area contributed by atoms with Gasteiger partial charge in [0, 0.05) is 13.1 Å². The molecule has 2 heteroatoms. The molecule has 2 nitrogen and oxygen atoms in total. The van der Waals surface area contributed by atoms with E-state index in [0.717, 1.165) is 19.5 Å². The quantitative estimate of drug-likeness (QED) is 0.597. The Hall–Kier alpha value is -0.340. The van der Waals surface area contributed by atoms with E-state index in [1.165, 1.54) is 43.3 Å². The van der Waals surface area contributed by atoms with Crippen LogP contribution < -0.4 is 0 Å². The third-order valence-corrected chi connectivity index (χ3v) is 3.48. The van der Waals surface area contributed by atoms with Gasteiger partial charge in [-0.05, 0) is 38.3 Å². The van der Waals surface area contributed by atoms with Crippen LogP contribution in [-0.2, 0) is 0 Å². The first-order valence-electron chi connectivity index (χ1n) is 5.85. The van der Waals surface area contributed by atoms with Crippen LogP contribution in [0.3, 0.4) is 0 Å². The van der Waals surface area contributed by atoms with Crippen LogP contribution in [0.15, 0.2) is 11.1 Å². The summed E-state index contributed by atoms with van der Waals surface area (Å²) >= 11 is 0. The summed E-state index contributed by atoms with van der Waals surface area (Å²) in [6.45, 7) is 1.92. The maximum atomic E-state index is 9.99. The molecule has 2 rings (SSSR count). The maximum Gasteiger partial charge on any atom is 0.0880 e. The second-order valence-electron chi connectivity index (χ2n) is 4.76. The van der Waals surface area contributed by atoms with Gasteiger partial charge in [-0.15, -0.1) is 0 Å². The first-order chi connectivity index (χ1) is 6.77. The summed E-state index contributed by atoms with van der Waals surface area (Å²) < 4.78 is 0. The van der Waals surface area contributed by atoms with Gasteiger partial charge in [-0.25, -0.2) is 0 Å². The van der Waals surface area contributed by atoms with Crippen molar-refractivity contribution in [2.75, 3.05) is 20.1 Å². The molecule has 1 atom stereocenters. The van der Waals surface area contributed by atoms with Crippen LogP contribution in [0.5, 0.6) is 0 Å². The molecule has 1 aliphatic heterocycles. The number of nitrogens with zero attached hydrogens (tertiary/aromatic N) is 1. The Morgan fingerprint density at radius 3 is 2.64 bits per heavy atom. The van der Waals surface area contributed by atoms with Gasteiger partial charge >= 0.3 is 0 Å². The van der Waals surface area contributed by atoms with Gasteiger partial charge in [0.1, 0.15) is 0 Å². The molecule has 0 spiro atoms. The van der Waals surface area contributed by atoms with Crippen molar-refractivity contribution in [3.05, 3.63) is 11.1 Å². The summed E-state index contributed by atoms with van der Waals surface area (Å²) in [6.07, 6.45) is 7.50. The summed E-state index contributed by atoms with van der Waals surface area (Å²) in [4.78, 5) is 2.24. The third-order valence-electron chi connectivity index (χ3n) is 3.48. The minimum absolute atomic E-state index is 0.179. The average molecular weight is 195 g/mol. The highest BCUT2D eigenvalue weighted by molar-refractivity contribution is 5.23. The molecule has 0 fully saturated rings. The Balaban J connectivity index is 2.16. The maximum absolute atomic E-state index is 9.99. The zero-order valence-electron chi connectivity index (χ0n) is 9.13. The van der Waals surface area contributed by atoms with E-state index >= 15 is 0 Å². The first-order valence-corrected chi connectivity index (χ1v) is 5.85. The van der Waals surface area contributed by atoms with Crippen LogP contribution in [0, 0.1) is 0 Å². The Kier molecular flexibility index (Phi) is 3.24. The molecule has 0 aromatic heterocycles. The van der Waals surface area contributed by atoms with Crippen molar-refractivity contribution in [2.24, 2.45) is 0 Å². The van der Waals surface area contributed by atoms with Crippen LogP contribution in [0.25, 0.3) is 0 Å². The van der Waals surface area contributed by atoms with Crippen LogP contribution >= 0.6 is 0 Å². The second-order valence-corrected chi connectivity index (χ2v) is 4.76. The van der Waals surface area contributed by atoms with Crippen LogP contribution in [-0.4, -0.2) is 36.2 Å². The number of hydrogen-bond donors (Lipinski definition) is 1. The highest BCUT2D eigenvalue weighted by atomic mass is 16.3. The van der Waals surface area contributed by atoms with Gasteiger partial charge in [-0.2, -0.15) is 0 Å².